The minimum Gasteiger partial charge on any atom is -0.457 e. The molecule has 2 heteroatoms. The third-order valence-corrected chi connectivity index (χ3v) is 2.70. The van der Waals surface area contributed by atoms with E-state index in [2.05, 4.69) is 6.92 Å². The van der Waals surface area contributed by atoms with E-state index >= 15 is 0 Å². The molecular weight excluding hydrogens is 215 g/mol. The maximum Gasteiger partial charge on any atom is 0.127 e. The van der Waals surface area contributed by atoms with Crippen molar-refractivity contribution in [2.75, 3.05) is 0 Å². The Balaban J connectivity index is 2.16. The van der Waals surface area contributed by atoms with Crippen molar-refractivity contribution in [1.82, 2.24) is 0 Å². The number of hydrogen-bond acceptors (Lipinski definition) is 1. The number of hydrogen-bond donors (Lipinski definition) is 0. The van der Waals surface area contributed by atoms with Gasteiger partial charge in [-0.15, -0.1) is 0 Å². The molecular formula is C15H15FO. The molecule has 0 heterocycles. The zero-order chi connectivity index (χ0) is 12.3. The Hall–Kier alpha value is -1.83. The van der Waals surface area contributed by atoms with E-state index in [0.717, 1.165) is 12.2 Å². The highest BCUT2D eigenvalue weighted by atomic mass is 19.1. The molecule has 0 fully saturated rings. The maximum absolute atomic E-state index is 13.1. The monoisotopic (exact) mass is 230 g/mol. The third-order valence-electron chi connectivity index (χ3n) is 2.70. The SMILES string of the molecule is CCc1ccc(Oc2ccc(F)c(C)c2)cc1. The van der Waals surface area contributed by atoms with Crippen LogP contribution in [0.4, 0.5) is 4.39 Å². The number of benzene rings is 2. The van der Waals surface area contributed by atoms with Gasteiger partial charge in [0.25, 0.3) is 0 Å². The lowest BCUT2D eigenvalue weighted by atomic mass is 10.2. The van der Waals surface area contributed by atoms with E-state index < -0.39 is 0 Å². The molecule has 88 valence electrons. The second-order valence-corrected chi connectivity index (χ2v) is 4.01. The predicted octanol–water partition coefficient (Wildman–Crippen LogP) is 4.49. The van der Waals surface area contributed by atoms with Crippen molar-refractivity contribution >= 4 is 0 Å². The van der Waals surface area contributed by atoms with Crippen molar-refractivity contribution in [3.63, 3.8) is 0 Å². The van der Waals surface area contributed by atoms with Gasteiger partial charge in [0.1, 0.15) is 17.3 Å². The van der Waals surface area contributed by atoms with Crippen LogP contribution in [0.25, 0.3) is 0 Å². The summed E-state index contributed by atoms with van der Waals surface area (Å²) in [4.78, 5) is 0. The topological polar surface area (TPSA) is 9.23 Å². The highest BCUT2D eigenvalue weighted by Gasteiger charge is 2.01. The summed E-state index contributed by atoms with van der Waals surface area (Å²) >= 11 is 0. The van der Waals surface area contributed by atoms with Gasteiger partial charge in [-0.2, -0.15) is 0 Å². The standard InChI is InChI=1S/C15H15FO/c1-3-12-4-6-13(7-5-12)17-14-8-9-15(16)11(2)10-14/h4-10H,3H2,1-2H3. The van der Waals surface area contributed by atoms with Gasteiger partial charge in [0, 0.05) is 0 Å². The van der Waals surface area contributed by atoms with Crippen molar-refractivity contribution in [3.05, 3.63) is 59.4 Å². The maximum atomic E-state index is 13.1. The van der Waals surface area contributed by atoms with Crippen molar-refractivity contribution in [2.24, 2.45) is 0 Å². The second kappa shape index (κ2) is 5.00. The number of ether oxygens (including phenoxy) is 1. The van der Waals surface area contributed by atoms with E-state index in [9.17, 15) is 4.39 Å². The lowest BCUT2D eigenvalue weighted by molar-refractivity contribution is 0.479. The van der Waals surface area contributed by atoms with Gasteiger partial charge in [0.2, 0.25) is 0 Å². The van der Waals surface area contributed by atoms with Gasteiger partial charge >= 0.3 is 0 Å². The lowest BCUT2D eigenvalue weighted by Crippen LogP contribution is -1.88. The average Bonchev–Trinajstić information content (AvgIpc) is 2.35. The molecule has 0 bridgehead atoms. The minimum absolute atomic E-state index is 0.210. The summed E-state index contributed by atoms with van der Waals surface area (Å²) in [5.41, 5.74) is 1.86. The average molecular weight is 230 g/mol. The van der Waals surface area contributed by atoms with Gasteiger partial charge in [-0.05, 0) is 54.8 Å². The molecule has 1 nitrogen and oxygen atoms in total. The molecule has 0 saturated heterocycles. The predicted molar refractivity (Wildman–Crippen MR) is 67.0 cm³/mol. The first-order chi connectivity index (χ1) is 8.19. The van der Waals surface area contributed by atoms with Gasteiger partial charge in [0.15, 0.2) is 0 Å². The van der Waals surface area contributed by atoms with Crippen LogP contribution in [-0.4, -0.2) is 0 Å². The van der Waals surface area contributed by atoms with Crippen LogP contribution in [0.15, 0.2) is 42.5 Å². The van der Waals surface area contributed by atoms with Crippen LogP contribution in [0.5, 0.6) is 11.5 Å². The summed E-state index contributed by atoms with van der Waals surface area (Å²) in [6.07, 6.45) is 1.01. The van der Waals surface area contributed by atoms with Crippen LogP contribution >= 0.6 is 0 Å². The first-order valence-electron chi connectivity index (χ1n) is 5.72. The third kappa shape index (κ3) is 2.84. The summed E-state index contributed by atoms with van der Waals surface area (Å²) in [6.45, 7) is 3.83. The van der Waals surface area contributed by atoms with Gasteiger partial charge in [0.05, 0.1) is 0 Å². The Morgan fingerprint density at radius 1 is 1.00 bits per heavy atom. The summed E-state index contributed by atoms with van der Waals surface area (Å²) in [7, 11) is 0. The van der Waals surface area contributed by atoms with Gasteiger partial charge in [-0.25, -0.2) is 4.39 Å². The van der Waals surface area contributed by atoms with Crippen LogP contribution in [0.2, 0.25) is 0 Å². The van der Waals surface area contributed by atoms with E-state index in [-0.39, 0.29) is 5.82 Å². The van der Waals surface area contributed by atoms with Crippen LogP contribution in [-0.2, 0) is 6.42 Å². The minimum atomic E-state index is -0.210. The highest BCUT2D eigenvalue weighted by Crippen LogP contribution is 2.23. The van der Waals surface area contributed by atoms with Gasteiger partial charge < -0.3 is 4.74 Å². The Bertz CT molecular complexity index is 503. The lowest BCUT2D eigenvalue weighted by Gasteiger charge is -2.07. The second-order valence-electron chi connectivity index (χ2n) is 4.01. The fourth-order valence-electron chi connectivity index (χ4n) is 1.61. The van der Waals surface area contributed by atoms with Crippen molar-refractivity contribution in [1.29, 1.82) is 0 Å². The zero-order valence-electron chi connectivity index (χ0n) is 10.0. The number of rotatable bonds is 3. The molecule has 0 aromatic heterocycles. The Morgan fingerprint density at radius 3 is 2.24 bits per heavy atom. The fourth-order valence-corrected chi connectivity index (χ4v) is 1.61. The first kappa shape index (κ1) is 11.6. The molecule has 0 saturated carbocycles. The quantitative estimate of drug-likeness (QED) is 0.755. The molecule has 0 N–H and O–H groups in total. The van der Waals surface area contributed by atoms with Crippen LogP contribution < -0.4 is 4.74 Å². The van der Waals surface area contributed by atoms with E-state index in [1.165, 1.54) is 11.6 Å². The molecule has 0 aliphatic carbocycles. The highest BCUT2D eigenvalue weighted by molar-refractivity contribution is 5.35. The smallest absolute Gasteiger partial charge is 0.127 e. The summed E-state index contributed by atoms with van der Waals surface area (Å²) < 4.78 is 18.7. The van der Waals surface area contributed by atoms with E-state index in [0.29, 0.717) is 11.3 Å². The molecule has 0 aliphatic rings. The largest absolute Gasteiger partial charge is 0.457 e. The van der Waals surface area contributed by atoms with Crippen molar-refractivity contribution < 1.29 is 9.13 Å². The van der Waals surface area contributed by atoms with E-state index in [1.807, 2.05) is 24.3 Å². The van der Waals surface area contributed by atoms with Crippen LogP contribution in [0, 0.1) is 12.7 Å². The molecule has 0 atom stereocenters. The number of halogens is 1. The normalized spacial score (nSPS) is 10.3. The molecule has 0 amide bonds. The molecule has 2 aromatic carbocycles. The van der Waals surface area contributed by atoms with Gasteiger partial charge in [-0.1, -0.05) is 19.1 Å². The van der Waals surface area contributed by atoms with E-state index in [4.69, 9.17) is 4.74 Å². The number of aryl methyl sites for hydroxylation is 2. The van der Waals surface area contributed by atoms with Crippen LogP contribution in [0.3, 0.4) is 0 Å². The Morgan fingerprint density at radius 2 is 1.65 bits per heavy atom. The summed E-state index contributed by atoms with van der Waals surface area (Å²) in [5.74, 6) is 1.22. The van der Waals surface area contributed by atoms with Crippen molar-refractivity contribution in [3.8, 4) is 11.5 Å². The summed E-state index contributed by atoms with van der Waals surface area (Å²) in [5, 5.41) is 0. The van der Waals surface area contributed by atoms with Crippen LogP contribution in [0.1, 0.15) is 18.1 Å². The van der Waals surface area contributed by atoms with Crippen molar-refractivity contribution in [2.45, 2.75) is 20.3 Å². The Kier molecular flexibility index (Phi) is 3.43. The molecule has 0 spiro atoms. The molecule has 2 rings (SSSR count). The fraction of sp³-hybridized carbons (Fsp3) is 0.200. The summed E-state index contributed by atoms with van der Waals surface area (Å²) in [6, 6.07) is 12.7. The molecule has 2 aromatic rings. The Labute approximate surface area is 101 Å². The molecule has 0 radical (unpaired) electrons. The molecule has 0 unspecified atom stereocenters. The van der Waals surface area contributed by atoms with E-state index in [1.54, 1.807) is 19.1 Å². The van der Waals surface area contributed by atoms with Gasteiger partial charge in [-0.3, -0.25) is 0 Å². The molecule has 17 heavy (non-hydrogen) atoms. The first-order valence-corrected chi connectivity index (χ1v) is 5.72. The zero-order valence-corrected chi connectivity index (χ0v) is 10.0. The molecule has 0 aliphatic heterocycles.